The summed E-state index contributed by atoms with van der Waals surface area (Å²) in [5.74, 6) is 0.719. The van der Waals surface area contributed by atoms with Gasteiger partial charge < -0.3 is 14.8 Å². The lowest BCUT2D eigenvalue weighted by Gasteiger charge is -2.14. The third-order valence-electron chi connectivity index (χ3n) is 4.94. The number of hydrogen-bond donors (Lipinski definition) is 1. The van der Waals surface area contributed by atoms with Crippen molar-refractivity contribution in [2.24, 2.45) is 0 Å². The molecule has 1 N–H and O–H groups in total. The van der Waals surface area contributed by atoms with Crippen LogP contribution >= 0.6 is 11.6 Å². The number of amides is 1. The maximum absolute atomic E-state index is 13.1. The van der Waals surface area contributed by atoms with Crippen LogP contribution in [0.2, 0.25) is 5.02 Å². The molecule has 0 aliphatic carbocycles. The van der Waals surface area contributed by atoms with E-state index in [1.165, 1.54) is 20.0 Å². The minimum atomic E-state index is -4.71. The molecule has 1 aromatic carbocycles. The van der Waals surface area contributed by atoms with Crippen LogP contribution in [-0.2, 0) is 17.5 Å². The number of anilines is 1. The van der Waals surface area contributed by atoms with Crippen LogP contribution in [0.4, 0.5) is 18.9 Å². The summed E-state index contributed by atoms with van der Waals surface area (Å²) < 4.78 is 53.0. The van der Waals surface area contributed by atoms with Crippen molar-refractivity contribution in [1.29, 1.82) is 0 Å². The molecule has 0 saturated carbocycles. The van der Waals surface area contributed by atoms with Gasteiger partial charge in [-0.3, -0.25) is 14.2 Å². The first kappa shape index (κ1) is 25.4. The normalized spacial score (nSPS) is 12.5. The van der Waals surface area contributed by atoms with Gasteiger partial charge in [-0.05, 0) is 45.4 Å². The van der Waals surface area contributed by atoms with Gasteiger partial charge in [0.25, 0.3) is 0 Å². The number of hydrogen-bond acceptors (Lipinski definition) is 5. The molecule has 0 fully saturated rings. The zero-order valence-corrected chi connectivity index (χ0v) is 19.9. The molecule has 2 aromatic heterocycles. The molecule has 0 saturated heterocycles. The summed E-state index contributed by atoms with van der Waals surface area (Å²) in [6.45, 7) is 7.99. The molecule has 0 aliphatic rings. The largest absolute Gasteiger partial charge is 0.490 e. The minimum Gasteiger partial charge on any atom is -0.490 e. The number of carbonyl (C=O) groups is 1. The molecule has 0 spiro atoms. The van der Waals surface area contributed by atoms with Gasteiger partial charge in [-0.2, -0.15) is 23.4 Å². The lowest BCUT2D eigenvalue weighted by molar-refractivity contribution is -0.141. The number of alkyl halides is 3. The molecule has 12 heteroatoms. The molecule has 184 valence electrons. The van der Waals surface area contributed by atoms with Crippen LogP contribution in [0.15, 0.2) is 30.6 Å². The van der Waals surface area contributed by atoms with Crippen LogP contribution in [-0.4, -0.2) is 38.7 Å². The summed E-state index contributed by atoms with van der Waals surface area (Å²) in [6.07, 6.45) is -1.65. The molecule has 8 nitrogen and oxygen atoms in total. The van der Waals surface area contributed by atoms with Crippen LogP contribution in [0.3, 0.4) is 0 Å². The van der Waals surface area contributed by atoms with Crippen molar-refractivity contribution in [2.45, 2.75) is 46.5 Å². The Morgan fingerprint density at radius 2 is 1.88 bits per heavy atom. The molecule has 0 bridgehead atoms. The third-order valence-corrected chi connectivity index (χ3v) is 5.40. The molecule has 1 amide bonds. The number of aromatic nitrogens is 4. The smallest absolute Gasteiger partial charge is 0.436 e. The Morgan fingerprint density at radius 3 is 2.50 bits per heavy atom. The van der Waals surface area contributed by atoms with Gasteiger partial charge in [0.05, 0.1) is 42.4 Å². The molecule has 3 rings (SSSR count). The quantitative estimate of drug-likeness (QED) is 0.442. The highest BCUT2D eigenvalue weighted by Gasteiger charge is 2.39. The van der Waals surface area contributed by atoms with Crippen LogP contribution in [0, 0.1) is 6.92 Å². The predicted octanol–water partition coefficient (Wildman–Crippen LogP) is 5.11. The van der Waals surface area contributed by atoms with Crippen molar-refractivity contribution < 1.29 is 27.4 Å². The zero-order valence-electron chi connectivity index (χ0n) is 19.1. The molecule has 2 heterocycles. The molecule has 34 heavy (non-hydrogen) atoms. The van der Waals surface area contributed by atoms with Gasteiger partial charge in [-0.25, -0.2) is 0 Å². The Kier molecular flexibility index (Phi) is 7.75. The molecule has 1 unspecified atom stereocenters. The van der Waals surface area contributed by atoms with Gasteiger partial charge in [0, 0.05) is 6.20 Å². The van der Waals surface area contributed by atoms with Crippen LogP contribution in [0.25, 0.3) is 0 Å². The molecule has 0 radical (unpaired) electrons. The first-order chi connectivity index (χ1) is 16.0. The first-order valence-electron chi connectivity index (χ1n) is 10.6. The summed E-state index contributed by atoms with van der Waals surface area (Å²) in [5.41, 5.74) is 0.122. The fraction of sp³-hybridized carbons (Fsp3) is 0.409. The van der Waals surface area contributed by atoms with E-state index < -0.39 is 28.8 Å². The van der Waals surface area contributed by atoms with E-state index >= 15 is 0 Å². The van der Waals surface area contributed by atoms with Crippen molar-refractivity contribution in [1.82, 2.24) is 19.6 Å². The molecule has 0 aliphatic heterocycles. The van der Waals surface area contributed by atoms with E-state index in [9.17, 15) is 18.0 Å². The van der Waals surface area contributed by atoms with E-state index in [1.54, 1.807) is 10.9 Å². The number of ether oxygens (including phenoxy) is 2. The first-order valence-corrected chi connectivity index (χ1v) is 11.0. The van der Waals surface area contributed by atoms with Gasteiger partial charge in [-0.1, -0.05) is 17.7 Å². The lowest BCUT2D eigenvalue weighted by Crippen LogP contribution is -2.25. The summed E-state index contributed by atoms with van der Waals surface area (Å²) in [6, 6.07) is 4.54. The Bertz CT molecular complexity index is 1160. The molecule has 1 atom stereocenters. The number of rotatable bonds is 9. The van der Waals surface area contributed by atoms with E-state index in [2.05, 4.69) is 15.5 Å². The van der Waals surface area contributed by atoms with Gasteiger partial charge in [-0.15, -0.1) is 0 Å². The number of nitrogens with zero attached hydrogens (tertiary/aromatic N) is 4. The monoisotopic (exact) mass is 499 g/mol. The Hall–Kier alpha value is -3.21. The molecular formula is C22H25ClF3N5O3. The third kappa shape index (κ3) is 5.64. The van der Waals surface area contributed by atoms with Crippen molar-refractivity contribution in [2.75, 3.05) is 18.5 Å². The van der Waals surface area contributed by atoms with E-state index in [0.29, 0.717) is 36.9 Å². The van der Waals surface area contributed by atoms with Crippen molar-refractivity contribution in [3.05, 3.63) is 52.6 Å². The Morgan fingerprint density at radius 1 is 1.21 bits per heavy atom. The fourth-order valence-corrected chi connectivity index (χ4v) is 3.54. The summed E-state index contributed by atoms with van der Waals surface area (Å²) >= 11 is 5.78. The molecular weight excluding hydrogens is 475 g/mol. The standard InChI is InChI=1S/C22H25ClF3N5O3/c1-5-33-17-8-7-15(9-18(17)34-6-2)11-30-12-16(10-27-30)28-21(32)14(4)31-13(3)19(23)20(29-31)22(24,25)26/h7-10,12,14H,5-6,11H2,1-4H3,(H,28,32). The highest BCUT2D eigenvalue weighted by molar-refractivity contribution is 6.32. The van der Waals surface area contributed by atoms with Gasteiger partial charge in [0.2, 0.25) is 5.91 Å². The number of benzene rings is 1. The summed E-state index contributed by atoms with van der Waals surface area (Å²) in [4.78, 5) is 12.7. The van der Waals surface area contributed by atoms with E-state index in [0.717, 1.165) is 10.2 Å². The van der Waals surface area contributed by atoms with Crippen molar-refractivity contribution >= 4 is 23.2 Å². The number of nitrogens with one attached hydrogen (secondary N) is 1. The average molecular weight is 500 g/mol. The lowest BCUT2D eigenvalue weighted by atomic mass is 10.2. The van der Waals surface area contributed by atoms with E-state index in [1.807, 2.05) is 32.0 Å². The van der Waals surface area contributed by atoms with Gasteiger partial charge in [0.15, 0.2) is 17.2 Å². The van der Waals surface area contributed by atoms with Crippen LogP contribution < -0.4 is 14.8 Å². The average Bonchev–Trinajstić information content (AvgIpc) is 3.33. The second kappa shape index (κ2) is 10.4. The highest BCUT2D eigenvalue weighted by Crippen LogP contribution is 2.36. The topological polar surface area (TPSA) is 83.2 Å². The van der Waals surface area contributed by atoms with Gasteiger partial charge in [0.1, 0.15) is 6.04 Å². The Labute approximate surface area is 199 Å². The second-order valence-corrected chi connectivity index (χ2v) is 7.81. The summed E-state index contributed by atoms with van der Waals surface area (Å²) in [7, 11) is 0. The number of halogens is 4. The Balaban J connectivity index is 1.70. The second-order valence-electron chi connectivity index (χ2n) is 7.43. The van der Waals surface area contributed by atoms with Crippen molar-refractivity contribution in [3.8, 4) is 11.5 Å². The highest BCUT2D eigenvalue weighted by atomic mass is 35.5. The fourth-order valence-electron chi connectivity index (χ4n) is 3.31. The maximum Gasteiger partial charge on any atom is 0.436 e. The van der Waals surface area contributed by atoms with Gasteiger partial charge >= 0.3 is 6.18 Å². The SMILES string of the molecule is CCOc1ccc(Cn2cc(NC(=O)C(C)n3nc(C(F)(F)F)c(Cl)c3C)cn2)cc1OCC. The summed E-state index contributed by atoms with van der Waals surface area (Å²) in [5, 5.41) is 9.86. The van der Waals surface area contributed by atoms with E-state index in [4.69, 9.17) is 21.1 Å². The van der Waals surface area contributed by atoms with Crippen molar-refractivity contribution in [3.63, 3.8) is 0 Å². The minimum absolute atomic E-state index is 0.0490. The van der Waals surface area contributed by atoms with Crippen LogP contribution in [0.1, 0.15) is 43.8 Å². The number of carbonyl (C=O) groups excluding carboxylic acids is 1. The van der Waals surface area contributed by atoms with Crippen LogP contribution in [0.5, 0.6) is 11.5 Å². The maximum atomic E-state index is 13.1. The zero-order chi connectivity index (χ0) is 25.0. The predicted molar refractivity (Wildman–Crippen MR) is 120 cm³/mol. The van der Waals surface area contributed by atoms with E-state index in [-0.39, 0.29) is 5.69 Å². The molecule has 3 aromatic rings.